The minimum absolute atomic E-state index is 0.253. The Morgan fingerprint density at radius 2 is 0.371 bits per heavy atom. The van der Waals surface area contributed by atoms with E-state index in [-0.39, 0.29) is 45.2 Å². The summed E-state index contributed by atoms with van der Waals surface area (Å²) in [6, 6.07) is 0. The highest BCUT2D eigenvalue weighted by molar-refractivity contribution is 7.12. The van der Waals surface area contributed by atoms with Gasteiger partial charge in [0.05, 0.1) is 75.3 Å². The lowest BCUT2D eigenvalue weighted by Crippen LogP contribution is -2.66. The standard InChI is InChI=1S/C18Cl15FSi/c19-1-4(22)10(28)16(11(29)5(1)23)35(34,17-12(30)6(24)2(20)7(25)13(17)31)18-14(32)8(26)3(21)9(27)15(18)33. The summed E-state index contributed by atoms with van der Waals surface area (Å²) >= 11 is 94.6. The molecular weight excluding hydrogens is 795 g/mol. The van der Waals surface area contributed by atoms with Crippen LogP contribution in [0.15, 0.2) is 0 Å². The van der Waals surface area contributed by atoms with Crippen molar-refractivity contribution in [2.24, 2.45) is 0 Å². The molecule has 0 spiro atoms. The molecule has 3 aromatic rings. The van der Waals surface area contributed by atoms with Crippen LogP contribution < -0.4 is 15.6 Å². The quantitative estimate of drug-likeness (QED) is 0.0814. The topological polar surface area (TPSA) is 0 Å². The predicted molar refractivity (Wildman–Crippen MR) is 160 cm³/mol. The molecule has 3 aromatic carbocycles. The first-order valence-corrected chi connectivity index (χ1v) is 15.8. The molecule has 0 unspecified atom stereocenters. The highest BCUT2D eigenvalue weighted by Crippen LogP contribution is 2.47. The van der Waals surface area contributed by atoms with Crippen molar-refractivity contribution < 1.29 is 4.11 Å². The summed E-state index contributed by atoms with van der Waals surface area (Å²) in [4.78, 5) is 0. The summed E-state index contributed by atoms with van der Waals surface area (Å²) in [5.41, 5.74) is 0. The molecule has 17 heteroatoms. The van der Waals surface area contributed by atoms with Crippen molar-refractivity contribution in [3.8, 4) is 0 Å². The van der Waals surface area contributed by atoms with Crippen LogP contribution in [0.1, 0.15) is 0 Å². The van der Waals surface area contributed by atoms with Crippen LogP contribution in [-0.4, -0.2) is 8.41 Å². The minimum Gasteiger partial charge on any atom is -0.295 e. The third-order valence-electron chi connectivity index (χ3n) is 4.66. The van der Waals surface area contributed by atoms with E-state index in [1.807, 2.05) is 0 Å². The average molecular weight is 795 g/mol. The number of rotatable bonds is 3. The third kappa shape index (κ3) is 4.97. The maximum absolute atomic E-state index is 18.2. The summed E-state index contributed by atoms with van der Waals surface area (Å²) in [5.74, 6) is 0. The Bertz CT molecular complexity index is 1170. The van der Waals surface area contributed by atoms with Crippen LogP contribution in [0.3, 0.4) is 0 Å². The van der Waals surface area contributed by atoms with Crippen LogP contribution in [0.5, 0.6) is 0 Å². The van der Waals surface area contributed by atoms with Gasteiger partial charge < -0.3 is 0 Å². The fourth-order valence-corrected chi connectivity index (χ4v) is 12.6. The zero-order valence-electron chi connectivity index (χ0n) is 15.5. The first-order valence-electron chi connectivity index (χ1n) is 8.27. The van der Waals surface area contributed by atoms with Gasteiger partial charge in [0.2, 0.25) is 0 Å². The molecular formula is C18Cl15FSi. The second-order valence-corrected chi connectivity index (χ2v) is 15.0. The number of halogens is 16. The van der Waals surface area contributed by atoms with Gasteiger partial charge in [-0.15, -0.1) is 0 Å². The number of benzene rings is 3. The molecule has 0 aromatic heterocycles. The van der Waals surface area contributed by atoms with Gasteiger partial charge in [-0.1, -0.05) is 174 Å². The summed E-state index contributed by atoms with van der Waals surface area (Å²) in [5, 5.41) is -7.06. The minimum atomic E-state index is -5.38. The molecule has 0 N–H and O–H groups in total. The summed E-state index contributed by atoms with van der Waals surface area (Å²) in [6.07, 6.45) is 0. The van der Waals surface area contributed by atoms with Gasteiger partial charge in [-0.3, -0.25) is 4.11 Å². The largest absolute Gasteiger partial charge is 0.348 e. The van der Waals surface area contributed by atoms with Crippen molar-refractivity contribution >= 4 is 198 Å². The first kappa shape index (κ1) is 31.7. The molecule has 0 bridgehead atoms. The predicted octanol–water partition coefficient (Wildman–Crippen LogP) is 12.4. The van der Waals surface area contributed by atoms with Crippen LogP contribution >= 0.6 is 174 Å². The maximum atomic E-state index is 18.2. The van der Waals surface area contributed by atoms with E-state index >= 15 is 4.11 Å². The molecule has 0 nitrogen and oxygen atoms in total. The SMILES string of the molecule is F[Si](c1c(Cl)c(Cl)c(Cl)c(Cl)c1Cl)(c1c(Cl)c(Cl)c(Cl)c(Cl)c1Cl)c1c(Cl)c(Cl)c(Cl)c(Cl)c1Cl. The van der Waals surface area contributed by atoms with E-state index in [0.29, 0.717) is 0 Å². The Labute approximate surface area is 274 Å². The molecule has 3 rings (SSSR count). The lowest BCUT2D eigenvalue weighted by molar-refractivity contribution is 0.842. The molecule has 35 heavy (non-hydrogen) atoms. The summed E-state index contributed by atoms with van der Waals surface area (Å²) in [7, 11) is -5.38. The van der Waals surface area contributed by atoms with Crippen LogP contribution in [0.4, 0.5) is 4.11 Å². The lowest BCUT2D eigenvalue weighted by Gasteiger charge is -2.31. The maximum Gasteiger partial charge on any atom is 0.348 e. The molecule has 0 aliphatic heterocycles. The van der Waals surface area contributed by atoms with Gasteiger partial charge in [0.25, 0.3) is 0 Å². The number of hydrogen-bond acceptors (Lipinski definition) is 0. The van der Waals surface area contributed by atoms with E-state index in [9.17, 15) is 0 Å². The Hall–Kier alpha value is 2.16. The fourth-order valence-electron chi connectivity index (χ4n) is 3.10. The van der Waals surface area contributed by atoms with Gasteiger partial charge in [-0.05, 0) is 0 Å². The van der Waals surface area contributed by atoms with Gasteiger partial charge in [-0.2, -0.15) is 0 Å². The second kappa shape index (κ2) is 11.6. The van der Waals surface area contributed by atoms with E-state index in [0.717, 1.165) is 0 Å². The Morgan fingerprint density at radius 3 is 0.514 bits per heavy atom. The molecule has 0 amide bonds. The molecule has 0 aliphatic carbocycles. The average Bonchev–Trinajstić information content (AvgIpc) is 2.81. The molecule has 0 radical (unpaired) electrons. The zero-order valence-corrected chi connectivity index (χ0v) is 27.9. The van der Waals surface area contributed by atoms with Crippen LogP contribution in [0.25, 0.3) is 0 Å². The van der Waals surface area contributed by atoms with Gasteiger partial charge >= 0.3 is 8.41 Å². The zero-order chi connectivity index (χ0) is 26.9. The van der Waals surface area contributed by atoms with Gasteiger partial charge in [0.15, 0.2) is 0 Å². The van der Waals surface area contributed by atoms with Crippen LogP contribution in [0, 0.1) is 0 Å². The molecule has 0 atom stereocenters. The van der Waals surface area contributed by atoms with Gasteiger partial charge in [0.1, 0.15) is 0 Å². The van der Waals surface area contributed by atoms with E-state index in [2.05, 4.69) is 0 Å². The van der Waals surface area contributed by atoms with Crippen molar-refractivity contribution in [3.05, 3.63) is 75.3 Å². The van der Waals surface area contributed by atoms with Crippen molar-refractivity contribution in [1.82, 2.24) is 0 Å². The van der Waals surface area contributed by atoms with Crippen molar-refractivity contribution in [1.29, 1.82) is 0 Å². The lowest BCUT2D eigenvalue weighted by atomic mass is 10.3. The second-order valence-electron chi connectivity index (χ2n) is 6.49. The highest BCUT2D eigenvalue weighted by Gasteiger charge is 2.53. The van der Waals surface area contributed by atoms with E-state index in [1.54, 1.807) is 0 Å². The molecule has 0 saturated carbocycles. The first-order chi connectivity index (χ1) is 16.0. The molecule has 0 fully saturated rings. The van der Waals surface area contributed by atoms with E-state index in [1.165, 1.54) is 0 Å². The Morgan fingerprint density at radius 1 is 0.257 bits per heavy atom. The third-order valence-corrected chi connectivity index (χ3v) is 16.0. The summed E-state index contributed by atoms with van der Waals surface area (Å²) in [6.45, 7) is 0. The molecule has 188 valence electrons. The Balaban J connectivity index is 2.78. The van der Waals surface area contributed by atoms with Crippen molar-refractivity contribution in [2.45, 2.75) is 0 Å². The van der Waals surface area contributed by atoms with Gasteiger partial charge in [-0.25, -0.2) is 0 Å². The molecule has 0 saturated heterocycles. The van der Waals surface area contributed by atoms with Crippen LogP contribution in [-0.2, 0) is 0 Å². The van der Waals surface area contributed by atoms with E-state index < -0.39 is 54.1 Å². The summed E-state index contributed by atoms with van der Waals surface area (Å²) < 4.78 is 18.2. The molecule has 0 aliphatic rings. The highest BCUT2D eigenvalue weighted by atomic mass is 35.5. The fraction of sp³-hybridized carbons (Fsp3) is 0. The number of hydrogen-bond donors (Lipinski definition) is 0. The van der Waals surface area contributed by atoms with Crippen molar-refractivity contribution in [2.75, 3.05) is 0 Å². The monoisotopic (exact) mass is 788 g/mol. The molecule has 0 heterocycles. The smallest absolute Gasteiger partial charge is 0.295 e. The normalized spacial score (nSPS) is 12.0. The van der Waals surface area contributed by atoms with Crippen LogP contribution in [0.2, 0.25) is 75.3 Å². The van der Waals surface area contributed by atoms with E-state index in [4.69, 9.17) is 174 Å². The van der Waals surface area contributed by atoms with Crippen molar-refractivity contribution in [3.63, 3.8) is 0 Å². The van der Waals surface area contributed by atoms with Gasteiger partial charge in [0, 0.05) is 15.6 Å². The Kier molecular flexibility index (Phi) is 10.5.